The lowest BCUT2D eigenvalue weighted by atomic mass is 10.2. The highest BCUT2D eigenvalue weighted by atomic mass is 32.1. The van der Waals surface area contributed by atoms with E-state index in [1.807, 2.05) is 41.1 Å². The third kappa shape index (κ3) is 2.36. The maximum absolute atomic E-state index is 10.9. The van der Waals surface area contributed by atoms with Gasteiger partial charge in [-0.3, -0.25) is 10.7 Å². The van der Waals surface area contributed by atoms with Crippen LogP contribution in [0.15, 0.2) is 35.7 Å². The molecule has 5 nitrogen and oxygen atoms in total. The Kier molecular flexibility index (Phi) is 3.13. The molecule has 0 atom stereocenters. The van der Waals surface area contributed by atoms with E-state index in [2.05, 4.69) is 10.3 Å². The normalized spacial score (nSPS) is 9.81. The number of nitrogens with zero attached hydrogens (tertiary/aromatic N) is 1. The molecule has 2 rings (SSSR count). The number of hydrogen-bond acceptors (Lipinski definition) is 4. The van der Waals surface area contributed by atoms with Gasteiger partial charge >= 0.3 is 6.03 Å². The molecule has 0 fully saturated rings. The molecule has 2 aromatic rings. The molecule has 4 N–H and O–H groups in total. The van der Waals surface area contributed by atoms with Crippen LogP contribution in [-0.4, -0.2) is 11.0 Å². The standard InChI is InChI=1S/C10H10N4OS/c11-14-9(15)13-10-12-8(6-16-10)7-4-2-1-3-5-7/h1-6H,11H2,(H2,12,13,14,15). The Morgan fingerprint density at radius 2 is 2.06 bits per heavy atom. The van der Waals surface area contributed by atoms with Crippen LogP contribution < -0.4 is 16.6 Å². The van der Waals surface area contributed by atoms with Crippen molar-refractivity contribution in [2.24, 2.45) is 5.84 Å². The summed E-state index contributed by atoms with van der Waals surface area (Å²) in [6.45, 7) is 0. The van der Waals surface area contributed by atoms with Crippen molar-refractivity contribution in [1.82, 2.24) is 10.4 Å². The van der Waals surface area contributed by atoms with Crippen LogP contribution in [-0.2, 0) is 0 Å². The number of amides is 2. The van der Waals surface area contributed by atoms with Crippen LogP contribution in [0.5, 0.6) is 0 Å². The van der Waals surface area contributed by atoms with Crippen LogP contribution in [0.3, 0.4) is 0 Å². The number of nitrogens with two attached hydrogens (primary N) is 1. The molecule has 6 heteroatoms. The number of anilines is 1. The Morgan fingerprint density at radius 3 is 2.75 bits per heavy atom. The molecule has 0 unspecified atom stereocenters. The first kappa shape index (κ1) is 10.6. The van der Waals surface area contributed by atoms with Crippen molar-refractivity contribution in [2.75, 3.05) is 5.32 Å². The van der Waals surface area contributed by atoms with Crippen molar-refractivity contribution < 1.29 is 4.79 Å². The van der Waals surface area contributed by atoms with Crippen molar-refractivity contribution in [3.63, 3.8) is 0 Å². The van der Waals surface area contributed by atoms with Gasteiger partial charge in [0.1, 0.15) is 0 Å². The molecular formula is C10H10N4OS. The molecule has 0 aliphatic carbocycles. The lowest BCUT2D eigenvalue weighted by Crippen LogP contribution is -2.34. The molecule has 1 aromatic heterocycles. The van der Waals surface area contributed by atoms with E-state index in [1.165, 1.54) is 11.3 Å². The smallest absolute Gasteiger partial charge is 0.283 e. The summed E-state index contributed by atoms with van der Waals surface area (Å²) >= 11 is 1.35. The molecule has 0 saturated heterocycles. The van der Waals surface area contributed by atoms with Gasteiger partial charge in [0, 0.05) is 10.9 Å². The molecule has 2 amide bonds. The first-order chi connectivity index (χ1) is 7.79. The number of hydrazine groups is 1. The summed E-state index contributed by atoms with van der Waals surface area (Å²) in [4.78, 5) is 15.2. The summed E-state index contributed by atoms with van der Waals surface area (Å²) in [6, 6.07) is 9.26. The average Bonchev–Trinajstić information content (AvgIpc) is 2.78. The van der Waals surface area contributed by atoms with E-state index < -0.39 is 6.03 Å². The van der Waals surface area contributed by atoms with Gasteiger partial charge in [0.15, 0.2) is 5.13 Å². The number of carbonyl (C=O) groups is 1. The highest BCUT2D eigenvalue weighted by Gasteiger charge is 2.05. The third-order valence-corrected chi connectivity index (χ3v) is 2.68. The zero-order valence-corrected chi connectivity index (χ0v) is 9.12. The fraction of sp³-hybridized carbons (Fsp3) is 0. The molecule has 1 heterocycles. The number of aromatic nitrogens is 1. The molecule has 0 saturated carbocycles. The van der Waals surface area contributed by atoms with Crippen LogP contribution in [0.25, 0.3) is 11.3 Å². The van der Waals surface area contributed by atoms with Crippen molar-refractivity contribution >= 4 is 22.5 Å². The summed E-state index contributed by atoms with van der Waals surface area (Å²) < 4.78 is 0. The van der Waals surface area contributed by atoms with E-state index in [0.29, 0.717) is 5.13 Å². The van der Waals surface area contributed by atoms with Gasteiger partial charge in [0.05, 0.1) is 5.69 Å². The number of thiazole rings is 1. The quantitative estimate of drug-likeness (QED) is 0.421. The van der Waals surface area contributed by atoms with E-state index in [4.69, 9.17) is 5.84 Å². The van der Waals surface area contributed by atoms with Gasteiger partial charge in [-0.1, -0.05) is 30.3 Å². The third-order valence-electron chi connectivity index (χ3n) is 1.93. The topological polar surface area (TPSA) is 80.0 Å². The summed E-state index contributed by atoms with van der Waals surface area (Å²) in [5, 5.41) is 4.91. The lowest BCUT2D eigenvalue weighted by molar-refractivity contribution is 0.252. The van der Waals surface area contributed by atoms with Crippen molar-refractivity contribution in [3.05, 3.63) is 35.7 Å². The highest BCUT2D eigenvalue weighted by molar-refractivity contribution is 7.14. The van der Waals surface area contributed by atoms with Crippen LogP contribution >= 0.6 is 11.3 Å². The minimum absolute atomic E-state index is 0.478. The lowest BCUT2D eigenvalue weighted by Gasteiger charge is -1.98. The largest absolute Gasteiger partial charge is 0.335 e. The fourth-order valence-electron chi connectivity index (χ4n) is 1.21. The Balaban J connectivity index is 2.17. The van der Waals surface area contributed by atoms with Crippen molar-refractivity contribution in [1.29, 1.82) is 0 Å². The number of rotatable bonds is 2. The van der Waals surface area contributed by atoms with Gasteiger partial charge in [-0.15, -0.1) is 11.3 Å². The first-order valence-electron chi connectivity index (χ1n) is 4.58. The highest BCUT2D eigenvalue weighted by Crippen LogP contribution is 2.24. The molecule has 82 valence electrons. The van der Waals surface area contributed by atoms with Gasteiger partial charge in [-0.25, -0.2) is 15.6 Å². The van der Waals surface area contributed by atoms with Gasteiger partial charge in [0.2, 0.25) is 0 Å². The predicted molar refractivity (Wildman–Crippen MR) is 63.9 cm³/mol. The van der Waals surface area contributed by atoms with Crippen molar-refractivity contribution in [3.8, 4) is 11.3 Å². The number of urea groups is 1. The minimum atomic E-state index is -0.478. The molecule has 0 spiro atoms. The Bertz CT molecular complexity index is 483. The Morgan fingerprint density at radius 1 is 1.31 bits per heavy atom. The summed E-state index contributed by atoms with van der Waals surface area (Å²) in [7, 11) is 0. The monoisotopic (exact) mass is 234 g/mol. The first-order valence-corrected chi connectivity index (χ1v) is 5.46. The second-order valence-electron chi connectivity index (χ2n) is 3.00. The van der Waals surface area contributed by atoms with Crippen LogP contribution in [0, 0.1) is 0 Å². The van der Waals surface area contributed by atoms with Gasteiger partial charge in [-0.2, -0.15) is 0 Å². The summed E-state index contributed by atoms with van der Waals surface area (Å²) in [5.41, 5.74) is 3.82. The molecule has 16 heavy (non-hydrogen) atoms. The number of hydrogen-bond donors (Lipinski definition) is 3. The second kappa shape index (κ2) is 4.73. The molecule has 1 aromatic carbocycles. The number of carbonyl (C=O) groups excluding carboxylic acids is 1. The fourth-order valence-corrected chi connectivity index (χ4v) is 1.92. The SMILES string of the molecule is NNC(=O)Nc1nc(-c2ccccc2)cs1. The maximum atomic E-state index is 10.9. The summed E-state index contributed by atoms with van der Waals surface area (Å²) in [6.07, 6.45) is 0. The van der Waals surface area contributed by atoms with E-state index >= 15 is 0 Å². The maximum Gasteiger partial charge on any atom is 0.335 e. The number of benzene rings is 1. The Hall–Kier alpha value is -1.92. The van der Waals surface area contributed by atoms with E-state index in [9.17, 15) is 4.79 Å². The molecule has 0 radical (unpaired) electrons. The van der Waals surface area contributed by atoms with Gasteiger partial charge in [0.25, 0.3) is 0 Å². The zero-order chi connectivity index (χ0) is 11.4. The molecule has 0 aliphatic rings. The van der Waals surface area contributed by atoms with Gasteiger partial charge < -0.3 is 0 Å². The van der Waals surface area contributed by atoms with E-state index in [0.717, 1.165) is 11.3 Å². The van der Waals surface area contributed by atoms with E-state index in [-0.39, 0.29) is 0 Å². The van der Waals surface area contributed by atoms with E-state index in [1.54, 1.807) is 0 Å². The molecular weight excluding hydrogens is 224 g/mol. The second-order valence-corrected chi connectivity index (χ2v) is 3.86. The molecule has 0 aliphatic heterocycles. The van der Waals surface area contributed by atoms with Crippen LogP contribution in [0.1, 0.15) is 0 Å². The average molecular weight is 234 g/mol. The Labute approximate surface area is 96.3 Å². The minimum Gasteiger partial charge on any atom is -0.283 e. The number of nitrogens with one attached hydrogen (secondary N) is 2. The van der Waals surface area contributed by atoms with Crippen LogP contribution in [0.4, 0.5) is 9.93 Å². The van der Waals surface area contributed by atoms with Crippen LogP contribution in [0.2, 0.25) is 0 Å². The summed E-state index contributed by atoms with van der Waals surface area (Å²) in [5.74, 6) is 4.95. The predicted octanol–water partition coefficient (Wildman–Crippen LogP) is 1.81. The molecule has 0 bridgehead atoms. The van der Waals surface area contributed by atoms with Gasteiger partial charge in [-0.05, 0) is 0 Å². The zero-order valence-electron chi connectivity index (χ0n) is 8.31. The van der Waals surface area contributed by atoms with Crippen molar-refractivity contribution in [2.45, 2.75) is 0 Å².